The Kier molecular flexibility index (Phi) is 5.12. The van der Waals surface area contributed by atoms with Crippen LogP contribution in [0.2, 0.25) is 5.02 Å². The van der Waals surface area contributed by atoms with Crippen LogP contribution in [0.5, 0.6) is 5.75 Å². The summed E-state index contributed by atoms with van der Waals surface area (Å²) in [4.78, 5) is 0. The lowest BCUT2D eigenvalue weighted by Gasteiger charge is -2.10. The van der Waals surface area contributed by atoms with Crippen molar-refractivity contribution >= 4 is 17.8 Å². The fraction of sp³-hybridized carbons (Fsp3) is 0.417. The zero-order valence-corrected chi connectivity index (χ0v) is 10.4. The monoisotopic (exact) mass is 240 g/mol. The molecule has 3 nitrogen and oxygen atoms in total. The normalized spacial score (nSPS) is 11.2. The third-order valence-corrected chi connectivity index (χ3v) is 2.37. The fourth-order valence-corrected chi connectivity index (χ4v) is 1.42. The topological polar surface area (TPSA) is 47.6 Å². The van der Waals surface area contributed by atoms with E-state index in [0.29, 0.717) is 17.5 Å². The van der Waals surface area contributed by atoms with Crippen molar-refractivity contribution in [1.82, 2.24) is 0 Å². The number of benzene rings is 1. The predicted octanol–water partition coefficient (Wildman–Crippen LogP) is 3.06. The maximum Gasteiger partial charge on any atom is 0.128 e. The Hall–Kier alpha value is -1.22. The van der Waals surface area contributed by atoms with Gasteiger partial charge in [0.05, 0.1) is 12.8 Å². The van der Waals surface area contributed by atoms with E-state index in [2.05, 4.69) is 18.9 Å². The molecule has 16 heavy (non-hydrogen) atoms. The zero-order valence-electron chi connectivity index (χ0n) is 9.61. The summed E-state index contributed by atoms with van der Waals surface area (Å²) in [5, 5.41) is 4.13. The molecule has 0 aromatic heterocycles. The summed E-state index contributed by atoms with van der Waals surface area (Å²) in [7, 11) is 0. The van der Waals surface area contributed by atoms with Crippen LogP contribution in [0.25, 0.3) is 0 Å². The van der Waals surface area contributed by atoms with Crippen molar-refractivity contribution in [3.8, 4) is 5.75 Å². The molecule has 1 aromatic carbocycles. The molecule has 0 aliphatic rings. The molecule has 0 amide bonds. The van der Waals surface area contributed by atoms with E-state index in [1.165, 1.54) is 6.21 Å². The highest BCUT2D eigenvalue weighted by Gasteiger charge is 2.03. The third kappa shape index (κ3) is 4.11. The second kappa shape index (κ2) is 6.38. The van der Waals surface area contributed by atoms with Gasteiger partial charge < -0.3 is 10.6 Å². The standard InChI is InChI=1S/C12H17ClN2O/c1-9(2)5-6-16-12-4-3-11(13)7-10(12)8-15-14/h3-4,7-9H,5-6,14H2,1-2H3. The van der Waals surface area contributed by atoms with E-state index in [1.54, 1.807) is 12.1 Å². The molecule has 0 heterocycles. The first kappa shape index (κ1) is 12.8. The fourth-order valence-electron chi connectivity index (χ4n) is 1.24. The molecule has 0 atom stereocenters. The summed E-state index contributed by atoms with van der Waals surface area (Å²) in [6.07, 6.45) is 2.55. The Labute approximate surface area is 101 Å². The van der Waals surface area contributed by atoms with E-state index in [4.69, 9.17) is 22.2 Å². The SMILES string of the molecule is CC(C)CCOc1ccc(Cl)cc1C=NN. The Morgan fingerprint density at radius 3 is 2.88 bits per heavy atom. The van der Waals surface area contributed by atoms with Crippen LogP contribution in [-0.4, -0.2) is 12.8 Å². The van der Waals surface area contributed by atoms with Crippen molar-refractivity contribution in [3.05, 3.63) is 28.8 Å². The number of halogens is 1. The van der Waals surface area contributed by atoms with Gasteiger partial charge in [-0.05, 0) is 30.5 Å². The second-order valence-corrected chi connectivity index (χ2v) is 4.43. The zero-order chi connectivity index (χ0) is 12.0. The minimum Gasteiger partial charge on any atom is -0.493 e. The highest BCUT2D eigenvalue weighted by atomic mass is 35.5. The molecular formula is C12H17ClN2O. The maximum absolute atomic E-state index is 5.88. The van der Waals surface area contributed by atoms with Gasteiger partial charge in [-0.25, -0.2) is 0 Å². The van der Waals surface area contributed by atoms with E-state index in [1.807, 2.05) is 6.07 Å². The summed E-state index contributed by atoms with van der Waals surface area (Å²) in [6.45, 7) is 5.01. The Bertz CT molecular complexity index is 364. The Morgan fingerprint density at radius 1 is 1.50 bits per heavy atom. The number of ether oxygens (including phenoxy) is 1. The van der Waals surface area contributed by atoms with Crippen molar-refractivity contribution in [2.45, 2.75) is 20.3 Å². The molecule has 0 fully saturated rings. The molecular weight excluding hydrogens is 224 g/mol. The molecule has 1 rings (SSSR count). The van der Waals surface area contributed by atoms with E-state index < -0.39 is 0 Å². The summed E-state index contributed by atoms with van der Waals surface area (Å²) in [6, 6.07) is 5.41. The summed E-state index contributed by atoms with van der Waals surface area (Å²) in [5.74, 6) is 6.51. The van der Waals surface area contributed by atoms with Gasteiger partial charge in [0.2, 0.25) is 0 Å². The molecule has 4 heteroatoms. The van der Waals surface area contributed by atoms with Gasteiger partial charge in [-0.1, -0.05) is 25.4 Å². The molecule has 0 radical (unpaired) electrons. The number of hydrogen-bond acceptors (Lipinski definition) is 3. The largest absolute Gasteiger partial charge is 0.493 e. The van der Waals surface area contributed by atoms with Gasteiger partial charge in [-0.15, -0.1) is 0 Å². The molecule has 0 aliphatic heterocycles. The highest BCUT2D eigenvalue weighted by Crippen LogP contribution is 2.21. The van der Waals surface area contributed by atoms with Crippen LogP contribution >= 0.6 is 11.6 Å². The lowest BCUT2D eigenvalue weighted by Crippen LogP contribution is -2.03. The average molecular weight is 241 g/mol. The van der Waals surface area contributed by atoms with Crippen molar-refractivity contribution in [2.24, 2.45) is 16.9 Å². The van der Waals surface area contributed by atoms with Crippen LogP contribution in [0.1, 0.15) is 25.8 Å². The quantitative estimate of drug-likeness (QED) is 0.489. The molecule has 2 N–H and O–H groups in total. The first-order valence-corrected chi connectivity index (χ1v) is 5.67. The third-order valence-electron chi connectivity index (χ3n) is 2.14. The molecule has 0 saturated carbocycles. The van der Waals surface area contributed by atoms with Crippen LogP contribution < -0.4 is 10.6 Å². The maximum atomic E-state index is 5.88. The van der Waals surface area contributed by atoms with Gasteiger partial charge in [-0.2, -0.15) is 5.10 Å². The molecule has 0 bridgehead atoms. The van der Waals surface area contributed by atoms with Crippen molar-refractivity contribution in [3.63, 3.8) is 0 Å². The van der Waals surface area contributed by atoms with E-state index in [0.717, 1.165) is 17.7 Å². The predicted molar refractivity (Wildman–Crippen MR) is 68.2 cm³/mol. The average Bonchev–Trinajstić information content (AvgIpc) is 2.21. The molecule has 0 saturated heterocycles. The first-order valence-electron chi connectivity index (χ1n) is 5.29. The van der Waals surface area contributed by atoms with Gasteiger partial charge in [0.25, 0.3) is 0 Å². The molecule has 0 aliphatic carbocycles. The van der Waals surface area contributed by atoms with Crippen LogP contribution in [0.3, 0.4) is 0 Å². The van der Waals surface area contributed by atoms with Crippen molar-refractivity contribution in [2.75, 3.05) is 6.61 Å². The Balaban J connectivity index is 2.70. The van der Waals surface area contributed by atoms with Gasteiger partial charge in [0.1, 0.15) is 5.75 Å². The van der Waals surface area contributed by atoms with Gasteiger partial charge in [0, 0.05) is 10.6 Å². The van der Waals surface area contributed by atoms with E-state index >= 15 is 0 Å². The Morgan fingerprint density at radius 2 is 2.25 bits per heavy atom. The lowest BCUT2D eigenvalue weighted by atomic mass is 10.1. The van der Waals surface area contributed by atoms with Crippen LogP contribution in [0, 0.1) is 5.92 Å². The van der Waals surface area contributed by atoms with E-state index in [9.17, 15) is 0 Å². The lowest BCUT2D eigenvalue weighted by molar-refractivity contribution is 0.289. The number of rotatable bonds is 5. The summed E-state index contributed by atoms with van der Waals surface area (Å²) < 4.78 is 5.65. The smallest absolute Gasteiger partial charge is 0.128 e. The number of hydrazone groups is 1. The number of hydrogen-bond donors (Lipinski definition) is 1. The number of nitrogens with zero attached hydrogens (tertiary/aromatic N) is 1. The van der Waals surface area contributed by atoms with Crippen LogP contribution in [0.15, 0.2) is 23.3 Å². The van der Waals surface area contributed by atoms with Gasteiger partial charge >= 0.3 is 0 Å². The first-order chi connectivity index (χ1) is 7.63. The summed E-state index contributed by atoms with van der Waals surface area (Å²) in [5.41, 5.74) is 0.804. The minimum atomic E-state index is 0.624. The minimum absolute atomic E-state index is 0.624. The summed E-state index contributed by atoms with van der Waals surface area (Å²) >= 11 is 5.88. The molecule has 0 unspecified atom stereocenters. The molecule has 1 aromatic rings. The highest BCUT2D eigenvalue weighted by molar-refractivity contribution is 6.30. The van der Waals surface area contributed by atoms with Crippen LogP contribution in [-0.2, 0) is 0 Å². The van der Waals surface area contributed by atoms with Gasteiger partial charge in [-0.3, -0.25) is 0 Å². The van der Waals surface area contributed by atoms with E-state index in [-0.39, 0.29) is 0 Å². The molecule has 88 valence electrons. The van der Waals surface area contributed by atoms with Crippen molar-refractivity contribution < 1.29 is 4.74 Å². The van der Waals surface area contributed by atoms with Crippen molar-refractivity contribution in [1.29, 1.82) is 0 Å². The van der Waals surface area contributed by atoms with Crippen LogP contribution in [0.4, 0.5) is 0 Å². The molecule has 0 spiro atoms. The number of nitrogens with two attached hydrogens (primary N) is 1. The second-order valence-electron chi connectivity index (χ2n) is 3.99. The van der Waals surface area contributed by atoms with Gasteiger partial charge in [0.15, 0.2) is 0 Å².